The van der Waals surface area contributed by atoms with E-state index in [-0.39, 0.29) is 5.91 Å². The van der Waals surface area contributed by atoms with Gasteiger partial charge in [-0.1, -0.05) is 18.2 Å². The molecule has 0 fully saturated rings. The molecule has 0 saturated heterocycles. The van der Waals surface area contributed by atoms with Crippen LogP contribution in [0, 0.1) is 6.92 Å². The smallest absolute Gasteiger partial charge is 0.280 e. The topological polar surface area (TPSA) is 63.6 Å². The van der Waals surface area contributed by atoms with Crippen molar-refractivity contribution in [3.63, 3.8) is 0 Å². The highest BCUT2D eigenvalue weighted by molar-refractivity contribution is 5.83. The Morgan fingerprint density at radius 3 is 2.90 bits per heavy atom. The van der Waals surface area contributed by atoms with Crippen molar-refractivity contribution in [1.29, 1.82) is 0 Å². The van der Waals surface area contributed by atoms with E-state index in [2.05, 4.69) is 15.5 Å². The van der Waals surface area contributed by atoms with E-state index >= 15 is 0 Å². The van der Waals surface area contributed by atoms with Crippen molar-refractivity contribution in [2.45, 2.75) is 20.0 Å². The summed E-state index contributed by atoms with van der Waals surface area (Å²) < 4.78 is 5.56. The first-order chi connectivity index (χ1) is 10.1. The number of rotatable bonds is 5. The van der Waals surface area contributed by atoms with Crippen LogP contribution in [0.5, 0.6) is 5.75 Å². The number of amides is 1. The van der Waals surface area contributed by atoms with Crippen molar-refractivity contribution in [3.05, 3.63) is 59.9 Å². The van der Waals surface area contributed by atoms with Gasteiger partial charge < -0.3 is 4.74 Å². The van der Waals surface area contributed by atoms with Crippen LogP contribution in [0.1, 0.15) is 18.2 Å². The Balaban J connectivity index is 1.87. The van der Waals surface area contributed by atoms with E-state index in [0.29, 0.717) is 11.4 Å². The van der Waals surface area contributed by atoms with Gasteiger partial charge in [-0.25, -0.2) is 5.43 Å². The van der Waals surface area contributed by atoms with Gasteiger partial charge in [-0.15, -0.1) is 0 Å². The molecule has 0 aliphatic rings. The summed E-state index contributed by atoms with van der Waals surface area (Å²) in [5, 5.41) is 3.85. The second-order valence-corrected chi connectivity index (χ2v) is 4.57. The summed E-state index contributed by atoms with van der Waals surface area (Å²) >= 11 is 0. The lowest BCUT2D eigenvalue weighted by Gasteiger charge is -2.13. The van der Waals surface area contributed by atoms with E-state index in [0.717, 1.165) is 5.56 Å². The number of carbonyl (C=O) groups excluding carboxylic acids is 1. The molecular weight excluding hydrogens is 266 g/mol. The molecule has 0 saturated carbocycles. The fourth-order valence-electron chi connectivity index (χ4n) is 1.65. The lowest BCUT2D eigenvalue weighted by Crippen LogP contribution is -2.33. The average Bonchev–Trinajstić information content (AvgIpc) is 2.48. The van der Waals surface area contributed by atoms with Crippen LogP contribution in [0.15, 0.2) is 53.8 Å². The minimum Gasteiger partial charge on any atom is -0.481 e. The van der Waals surface area contributed by atoms with E-state index in [1.165, 1.54) is 6.21 Å². The Hall–Kier alpha value is -2.69. The van der Waals surface area contributed by atoms with Crippen LogP contribution >= 0.6 is 0 Å². The van der Waals surface area contributed by atoms with Crippen LogP contribution in [0.3, 0.4) is 0 Å². The maximum absolute atomic E-state index is 11.9. The number of pyridine rings is 1. The SMILES string of the molecule is Cc1cccc(OC(C)C(=O)NN=Cc2ccccn2)c1. The van der Waals surface area contributed by atoms with Gasteiger partial charge in [0.15, 0.2) is 6.10 Å². The van der Waals surface area contributed by atoms with E-state index in [4.69, 9.17) is 4.74 Å². The van der Waals surface area contributed by atoms with Crippen LogP contribution in [0.2, 0.25) is 0 Å². The normalized spacial score (nSPS) is 12.1. The fourth-order valence-corrected chi connectivity index (χ4v) is 1.65. The summed E-state index contributed by atoms with van der Waals surface area (Å²) in [6.07, 6.45) is 2.51. The number of aryl methyl sites for hydroxylation is 1. The molecule has 108 valence electrons. The molecule has 1 aromatic heterocycles. The Labute approximate surface area is 123 Å². The first-order valence-electron chi connectivity index (χ1n) is 6.62. The summed E-state index contributed by atoms with van der Waals surface area (Å²) in [5.41, 5.74) is 4.18. The molecule has 1 heterocycles. The van der Waals surface area contributed by atoms with Crippen LogP contribution in [0.25, 0.3) is 0 Å². The highest BCUT2D eigenvalue weighted by Gasteiger charge is 2.13. The number of hydrazone groups is 1. The van der Waals surface area contributed by atoms with Crippen molar-refractivity contribution >= 4 is 12.1 Å². The fraction of sp³-hybridized carbons (Fsp3) is 0.188. The zero-order valence-corrected chi connectivity index (χ0v) is 12.0. The molecule has 1 atom stereocenters. The maximum Gasteiger partial charge on any atom is 0.280 e. The molecule has 1 unspecified atom stereocenters. The van der Waals surface area contributed by atoms with E-state index in [1.54, 1.807) is 19.2 Å². The quantitative estimate of drug-likeness (QED) is 0.676. The number of hydrogen-bond donors (Lipinski definition) is 1. The molecule has 0 radical (unpaired) electrons. The molecule has 1 amide bonds. The molecule has 21 heavy (non-hydrogen) atoms. The summed E-state index contributed by atoms with van der Waals surface area (Å²) in [4.78, 5) is 15.9. The van der Waals surface area contributed by atoms with Crippen molar-refractivity contribution in [1.82, 2.24) is 10.4 Å². The standard InChI is InChI=1S/C16H17N3O2/c1-12-6-5-8-15(10-12)21-13(2)16(20)19-18-11-14-7-3-4-9-17-14/h3-11,13H,1-2H3,(H,19,20). The zero-order valence-electron chi connectivity index (χ0n) is 12.0. The van der Waals surface area contributed by atoms with Gasteiger partial charge in [-0.2, -0.15) is 5.10 Å². The Morgan fingerprint density at radius 1 is 1.33 bits per heavy atom. The number of ether oxygens (including phenoxy) is 1. The molecular formula is C16H17N3O2. The Morgan fingerprint density at radius 2 is 2.19 bits per heavy atom. The van der Waals surface area contributed by atoms with Crippen molar-refractivity contribution in [3.8, 4) is 5.75 Å². The Bertz CT molecular complexity index is 626. The number of hydrogen-bond acceptors (Lipinski definition) is 4. The second-order valence-electron chi connectivity index (χ2n) is 4.57. The molecule has 2 rings (SSSR count). The third kappa shape index (κ3) is 4.72. The van der Waals surface area contributed by atoms with E-state index < -0.39 is 6.10 Å². The first kappa shape index (κ1) is 14.7. The van der Waals surface area contributed by atoms with E-state index in [1.807, 2.05) is 43.3 Å². The van der Waals surface area contributed by atoms with Crippen LogP contribution in [-0.4, -0.2) is 23.2 Å². The highest BCUT2D eigenvalue weighted by atomic mass is 16.5. The van der Waals surface area contributed by atoms with Crippen molar-refractivity contribution in [2.75, 3.05) is 0 Å². The molecule has 1 N–H and O–H groups in total. The van der Waals surface area contributed by atoms with Crippen LogP contribution in [0.4, 0.5) is 0 Å². The van der Waals surface area contributed by atoms with Gasteiger partial charge in [0, 0.05) is 6.20 Å². The van der Waals surface area contributed by atoms with E-state index in [9.17, 15) is 4.79 Å². The monoisotopic (exact) mass is 283 g/mol. The third-order valence-electron chi connectivity index (χ3n) is 2.73. The largest absolute Gasteiger partial charge is 0.481 e. The zero-order chi connectivity index (χ0) is 15.1. The molecule has 0 spiro atoms. The number of carbonyl (C=O) groups is 1. The third-order valence-corrected chi connectivity index (χ3v) is 2.73. The van der Waals surface area contributed by atoms with Gasteiger partial charge in [-0.3, -0.25) is 9.78 Å². The molecule has 5 nitrogen and oxygen atoms in total. The van der Waals surface area contributed by atoms with Crippen molar-refractivity contribution < 1.29 is 9.53 Å². The van der Waals surface area contributed by atoms with Gasteiger partial charge in [0.05, 0.1) is 11.9 Å². The maximum atomic E-state index is 11.9. The predicted molar refractivity (Wildman–Crippen MR) is 81.2 cm³/mol. The molecule has 1 aromatic carbocycles. The van der Waals surface area contributed by atoms with Gasteiger partial charge in [-0.05, 0) is 43.7 Å². The van der Waals surface area contributed by atoms with Crippen LogP contribution < -0.4 is 10.2 Å². The highest BCUT2D eigenvalue weighted by Crippen LogP contribution is 2.14. The average molecular weight is 283 g/mol. The minimum atomic E-state index is -0.632. The Kier molecular flexibility index (Phi) is 5.04. The van der Waals surface area contributed by atoms with Crippen molar-refractivity contribution in [2.24, 2.45) is 5.10 Å². The molecule has 5 heteroatoms. The lowest BCUT2D eigenvalue weighted by atomic mass is 10.2. The summed E-state index contributed by atoms with van der Waals surface area (Å²) in [6.45, 7) is 3.64. The van der Waals surface area contributed by atoms with Gasteiger partial charge in [0.1, 0.15) is 5.75 Å². The minimum absolute atomic E-state index is 0.316. The molecule has 0 bridgehead atoms. The molecule has 2 aromatic rings. The number of benzene rings is 1. The number of nitrogens with one attached hydrogen (secondary N) is 1. The summed E-state index contributed by atoms with van der Waals surface area (Å²) in [7, 11) is 0. The summed E-state index contributed by atoms with van der Waals surface area (Å²) in [5.74, 6) is 0.343. The number of aromatic nitrogens is 1. The van der Waals surface area contributed by atoms with Gasteiger partial charge in [0.25, 0.3) is 5.91 Å². The van der Waals surface area contributed by atoms with Crippen LogP contribution in [-0.2, 0) is 4.79 Å². The van der Waals surface area contributed by atoms with Gasteiger partial charge >= 0.3 is 0 Å². The molecule has 0 aliphatic carbocycles. The first-order valence-corrected chi connectivity index (χ1v) is 6.62. The second kappa shape index (κ2) is 7.19. The molecule has 0 aliphatic heterocycles. The predicted octanol–water partition coefficient (Wildman–Crippen LogP) is 2.31. The lowest BCUT2D eigenvalue weighted by molar-refractivity contribution is -0.127. The number of nitrogens with zero attached hydrogens (tertiary/aromatic N) is 2. The van der Waals surface area contributed by atoms with Gasteiger partial charge in [0.2, 0.25) is 0 Å². The summed E-state index contributed by atoms with van der Waals surface area (Å²) in [6, 6.07) is 13.0.